The molecule has 0 aliphatic rings. The molecule has 2 aromatic rings. The van der Waals surface area contributed by atoms with Crippen molar-refractivity contribution in [3.8, 4) is 0 Å². The van der Waals surface area contributed by atoms with Crippen LogP contribution in [0.4, 0.5) is 0 Å². The van der Waals surface area contributed by atoms with Crippen molar-refractivity contribution in [3.05, 3.63) is 39.5 Å². The third-order valence-corrected chi connectivity index (χ3v) is 4.43. The fraction of sp³-hybridized carbons (Fsp3) is 0.500. The summed E-state index contributed by atoms with van der Waals surface area (Å²) in [5.74, 6) is -1.26. The summed E-state index contributed by atoms with van der Waals surface area (Å²) in [4.78, 5) is 40.4. The van der Waals surface area contributed by atoms with Gasteiger partial charge >= 0.3 is 11.9 Å². The first-order valence-electron chi connectivity index (χ1n) is 9.17. The van der Waals surface area contributed by atoms with E-state index in [1.54, 1.807) is 27.7 Å². The molecule has 0 radical (unpaired) electrons. The second-order valence-corrected chi connectivity index (χ2v) is 6.92. The average molecular weight is 390 g/mol. The van der Waals surface area contributed by atoms with E-state index in [-0.39, 0.29) is 23.8 Å². The van der Waals surface area contributed by atoms with Gasteiger partial charge in [-0.1, -0.05) is 19.0 Å². The van der Waals surface area contributed by atoms with Crippen LogP contribution in [-0.4, -0.2) is 40.6 Å². The predicted octanol–water partition coefficient (Wildman–Crippen LogP) is 3.66. The number of rotatable bonds is 7. The lowest BCUT2D eigenvalue weighted by Crippen LogP contribution is -2.26. The van der Waals surface area contributed by atoms with Gasteiger partial charge in [0, 0.05) is 11.6 Å². The Kier molecular flexibility index (Phi) is 6.43. The van der Waals surface area contributed by atoms with E-state index in [9.17, 15) is 14.4 Å². The van der Waals surface area contributed by atoms with Crippen LogP contribution >= 0.6 is 0 Å². The molecule has 0 unspecified atom stereocenters. The first kappa shape index (κ1) is 21.4. The van der Waals surface area contributed by atoms with Crippen LogP contribution in [0.15, 0.2) is 4.52 Å². The van der Waals surface area contributed by atoms with Gasteiger partial charge in [0.2, 0.25) is 5.78 Å². The fourth-order valence-corrected chi connectivity index (χ4v) is 3.01. The van der Waals surface area contributed by atoms with Crippen molar-refractivity contribution in [1.29, 1.82) is 0 Å². The van der Waals surface area contributed by atoms with Crippen molar-refractivity contribution >= 4 is 17.7 Å². The highest BCUT2D eigenvalue weighted by Crippen LogP contribution is 2.25. The molecule has 1 N–H and O–H groups in total. The Labute approximate surface area is 163 Å². The Morgan fingerprint density at radius 3 is 2.29 bits per heavy atom. The van der Waals surface area contributed by atoms with Crippen LogP contribution < -0.4 is 0 Å². The zero-order chi connectivity index (χ0) is 21.2. The molecule has 0 aromatic carbocycles. The van der Waals surface area contributed by atoms with Gasteiger partial charge in [-0.25, -0.2) is 9.59 Å². The number of carbonyl (C=O) groups is 3. The van der Waals surface area contributed by atoms with Gasteiger partial charge in [-0.05, 0) is 40.2 Å². The summed E-state index contributed by atoms with van der Waals surface area (Å²) in [6, 6.07) is 0. The van der Waals surface area contributed by atoms with E-state index >= 15 is 0 Å². The second kappa shape index (κ2) is 8.41. The molecule has 8 heteroatoms. The van der Waals surface area contributed by atoms with E-state index in [1.165, 1.54) is 6.92 Å². The van der Waals surface area contributed by atoms with Crippen LogP contribution in [-0.2, 0) is 9.47 Å². The molecule has 0 amide bonds. The number of nitrogens with zero attached hydrogens (tertiary/aromatic N) is 1. The molecule has 8 nitrogen and oxygen atoms in total. The highest BCUT2D eigenvalue weighted by atomic mass is 16.5. The van der Waals surface area contributed by atoms with Gasteiger partial charge in [-0.3, -0.25) is 4.79 Å². The zero-order valence-electron chi connectivity index (χ0n) is 17.3. The number of H-pyrrole nitrogens is 1. The summed E-state index contributed by atoms with van der Waals surface area (Å²) in [6.45, 7) is 12.1. The monoisotopic (exact) mass is 390 g/mol. The van der Waals surface area contributed by atoms with Crippen LogP contribution in [0.3, 0.4) is 0 Å². The Morgan fingerprint density at radius 2 is 1.71 bits per heavy atom. The first-order chi connectivity index (χ1) is 13.1. The topological polar surface area (TPSA) is 111 Å². The molecular formula is C20H26N2O6. The van der Waals surface area contributed by atoms with E-state index in [4.69, 9.17) is 14.0 Å². The lowest BCUT2D eigenvalue weighted by atomic mass is 10.0. The number of ketones is 1. The number of hydrogen-bond donors (Lipinski definition) is 1. The number of Topliss-reactive ketones (excluding diaryl/α,β-unsaturated/α-hetero) is 1. The summed E-state index contributed by atoms with van der Waals surface area (Å²) < 4.78 is 15.6. The minimum atomic E-state index is -1.06. The number of aryl methyl sites for hydroxylation is 2. The van der Waals surface area contributed by atoms with Crippen LogP contribution in [0.25, 0.3) is 0 Å². The van der Waals surface area contributed by atoms with E-state index in [0.717, 1.165) is 0 Å². The van der Waals surface area contributed by atoms with Crippen molar-refractivity contribution in [3.63, 3.8) is 0 Å². The number of carbonyl (C=O) groups excluding carboxylic acids is 3. The van der Waals surface area contributed by atoms with Crippen molar-refractivity contribution in [2.45, 2.75) is 60.5 Å². The Bertz CT molecular complexity index is 906. The lowest BCUT2D eigenvalue weighted by Gasteiger charge is -2.13. The number of aromatic amines is 1. The fourth-order valence-electron chi connectivity index (χ4n) is 3.01. The molecule has 0 saturated carbocycles. The first-order valence-corrected chi connectivity index (χ1v) is 9.17. The minimum Gasteiger partial charge on any atom is -0.462 e. The minimum absolute atomic E-state index is 0.0600. The SMILES string of the molecule is CCOC(=O)c1c(C)[nH]c(C(=O)[C@H](C)OC(=O)c2c(C)noc2C(C)C)c1C. The largest absolute Gasteiger partial charge is 0.462 e. The van der Waals surface area contributed by atoms with E-state index in [0.29, 0.717) is 28.3 Å². The van der Waals surface area contributed by atoms with E-state index < -0.39 is 23.8 Å². The van der Waals surface area contributed by atoms with Crippen LogP contribution in [0.1, 0.15) is 87.5 Å². The molecule has 2 rings (SSSR count). The Hall–Kier alpha value is -2.90. The molecule has 0 aliphatic heterocycles. The van der Waals surface area contributed by atoms with Crippen molar-refractivity contribution in [2.75, 3.05) is 6.61 Å². The maximum atomic E-state index is 12.8. The summed E-state index contributed by atoms with van der Waals surface area (Å²) in [7, 11) is 0. The van der Waals surface area contributed by atoms with Crippen molar-refractivity contribution in [1.82, 2.24) is 10.1 Å². The van der Waals surface area contributed by atoms with Gasteiger partial charge in [0.05, 0.1) is 23.6 Å². The van der Waals surface area contributed by atoms with Crippen LogP contribution in [0, 0.1) is 20.8 Å². The molecule has 1 atom stereocenters. The average Bonchev–Trinajstić information content (AvgIpc) is 3.14. The highest BCUT2D eigenvalue weighted by molar-refractivity contribution is 6.04. The molecule has 2 heterocycles. The van der Waals surface area contributed by atoms with Gasteiger partial charge in [0.15, 0.2) is 11.9 Å². The molecule has 0 saturated heterocycles. The Balaban J connectivity index is 2.24. The maximum absolute atomic E-state index is 12.8. The predicted molar refractivity (Wildman–Crippen MR) is 101 cm³/mol. The summed E-state index contributed by atoms with van der Waals surface area (Å²) in [5.41, 5.74) is 2.17. The number of aromatic nitrogens is 2. The van der Waals surface area contributed by atoms with Crippen molar-refractivity contribution < 1.29 is 28.4 Å². The summed E-state index contributed by atoms with van der Waals surface area (Å²) >= 11 is 0. The number of ether oxygens (including phenoxy) is 2. The normalized spacial score (nSPS) is 12.1. The van der Waals surface area contributed by atoms with E-state index in [1.807, 2.05) is 13.8 Å². The van der Waals surface area contributed by atoms with Gasteiger partial charge in [0.25, 0.3) is 0 Å². The van der Waals surface area contributed by atoms with Crippen molar-refractivity contribution in [2.24, 2.45) is 0 Å². The van der Waals surface area contributed by atoms with Gasteiger partial charge in [0.1, 0.15) is 5.56 Å². The van der Waals surface area contributed by atoms with Gasteiger partial charge in [-0.2, -0.15) is 0 Å². The molecule has 0 bridgehead atoms. The third-order valence-electron chi connectivity index (χ3n) is 4.43. The number of nitrogens with one attached hydrogen (secondary N) is 1. The second-order valence-electron chi connectivity index (χ2n) is 6.92. The molecule has 28 heavy (non-hydrogen) atoms. The third kappa shape index (κ3) is 4.00. The zero-order valence-corrected chi connectivity index (χ0v) is 17.3. The molecule has 2 aromatic heterocycles. The molecule has 0 spiro atoms. The lowest BCUT2D eigenvalue weighted by molar-refractivity contribution is 0.0313. The quantitative estimate of drug-likeness (QED) is 0.567. The summed E-state index contributed by atoms with van der Waals surface area (Å²) in [5, 5.41) is 3.82. The molecule has 0 fully saturated rings. The standard InChI is InChI=1S/C20H26N2O6/c1-8-26-19(24)14-10(4)16(21-11(14)5)17(23)13(7)27-20(25)15-12(6)22-28-18(15)9(2)3/h9,13,21H,8H2,1-7H3/t13-/m0/s1. The number of esters is 2. The van der Waals surface area contributed by atoms with Crippen LogP contribution in [0.2, 0.25) is 0 Å². The summed E-state index contributed by atoms with van der Waals surface area (Å²) in [6.07, 6.45) is -1.06. The smallest absolute Gasteiger partial charge is 0.344 e. The maximum Gasteiger partial charge on any atom is 0.344 e. The van der Waals surface area contributed by atoms with Crippen LogP contribution in [0.5, 0.6) is 0 Å². The molecule has 152 valence electrons. The molecule has 0 aliphatic carbocycles. The molecular weight excluding hydrogens is 364 g/mol. The van der Waals surface area contributed by atoms with Gasteiger partial charge in [-0.15, -0.1) is 0 Å². The Morgan fingerprint density at radius 1 is 1.07 bits per heavy atom. The van der Waals surface area contributed by atoms with Gasteiger partial charge < -0.3 is 19.0 Å². The van der Waals surface area contributed by atoms with E-state index in [2.05, 4.69) is 10.1 Å². The highest BCUT2D eigenvalue weighted by Gasteiger charge is 2.30. The number of hydrogen-bond acceptors (Lipinski definition) is 7.